The molecule has 4 nitrogen and oxygen atoms in total. The third kappa shape index (κ3) is 68.9. The summed E-state index contributed by atoms with van der Waals surface area (Å²) in [6, 6.07) is -0.538. The van der Waals surface area contributed by atoms with Gasteiger partial charge in [-0.05, 0) is 57.8 Å². The van der Waals surface area contributed by atoms with Crippen LogP contribution in [0, 0.1) is 0 Å². The molecule has 82 heavy (non-hydrogen) atoms. The molecule has 0 saturated heterocycles. The lowest BCUT2D eigenvalue weighted by Crippen LogP contribution is -2.45. The van der Waals surface area contributed by atoms with E-state index in [2.05, 4.69) is 79.9 Å². The minimum absolute atomic E-state index is 0.0233. The van der Waals surface area contributed by atoms with Crippen LogP contribution in [0.15, 0.2) is 60.8 Å². The highest BCUT2D eigenvalue weighted by molar-refractivity contribution is 5.76. The maximum atomic E-state index is 12.6. The van der Waals surface area contributed by atoms with Crippen molar-refractivity contribution in [2.24, 2.45) is 0 Å². The van der Waals surface area contributed by atoms with E-state index >= 15 is 0 Å². The minimum atomic E-state index is -0.662. The average molecular weight is 1150 g/mol. The average Bonchev–Trinajstić information content (AvgIpc) is 3.50. The summed E-state index contributed by atoms with van der Waals surface area (Å²) in [6.45, 7) is 4.29. The number of rotatable bonds is 70. The van der Waals surface area contributed by atoms with E-state index in [1.165, 1.54) is 327 Å². The Kier molecular flexibility index (Phi) is 71.6. The molecule has 0 heterocycles. The molecule has 0 bridgehead atoms. The highest BCUT2D eigenvalue weighted by atomic mass is 16.3. The van der Waals surface area contributed by atoms with Gasteiger partial charge < -0.3 is 15.5 Å². The van der Waals surface area contributed by atoms with Crippen LogP contribution in [0.5, 0.6) is 0 Å². The third-order valence-corrected chi connectivity index (χ3v) is 17.5. The summed E-state index contributed by atoms with van der Waals surface area (Å²) < 4.78 is 0. The Labute approximate surface area is 515 Å². The van der Waals surface area contributed by atoms with Gasteiger partial charge in [-0.25, -0.2) is 0 Å². The van der Waals surface area contributed by atoms with Crippen LogP contribution in [0.2, 0.25) is 0 Å². The number of hydrogen-bond acceptors (Lipinski definition) is 3. The molecule has 0 aliphatic rings. The summed E-state index contributed by atoms with van der Waals surface area (Å²) >= 11 is 0. The van der Waals surface area contributed by atoms with Gasteiger partial charge >= 0.3 is 0 Å². The Hall–Kier alpha value is -1.91. The van der Waals surface area contributed by atoms with Crippen LogP contribution in [0.1, 0.15) is 412 Å². The van der Waals surface area contributed by atoms with Crippen molar-refractivity contribution < 1.29 is 15.0 Å². The molecule has 0 aromatic heterocycles. The largest absolute Gasteiger partial charge is 0.394 e. The predicted molar refractivity (Wildman–Crippen MR) is 368 cm³/mol. The lowest BCUT2D eigenvalue weighted by atomic mass is 10.0. The zero-order valence-corrected chi connectivity index (χ0v) is 55.8. The van der Waals surface area contributed by atoms with Crippen molar-refractivity contribution in [3.8, 4) is 0 Å². The van der Waals surface area contributed by atoms with Crippen molar-refractivity contribution in [2.75, 3.05) is 6.61 Å². The first-order valence-corrected chi connectivity index (χ1v) is 37.5. The van der Waals surface area contributed by atoms with Gasteiger partial charge in [-0.3, -0.25) is 4.79 Å². The zero-order chi connectivity index (χ0) is 59.1. The maximum absolute atomic E-state index is 12.6. The second kappa shape index (κ2) is 73.3. The van der Waals surface area contributed by atoms with Gasteiger partial charge in [0.05, 0.1) is 18.8 Å². The summed E-state index contributed by atoms with van der Waals surface area (Å²) in [5.41, 5.74) is 0. The fraction of sp³-hybridized carbons (Fsp3) is 0.859. The standard InChI is InChI=1S/C78H147NO3/c1-3-5-7-9-11-13-15-17-19-21-23-25-27-29-31-33-35-37-38-39-40-42-44-46-48-50-52-54-56-58-60-62-64-66-68-70-72-74-78(82)79-76(75-80)77(81)73-71-69-67-65-63-61-59-57-55-53-51-49-47-45-43-41-36-34-32-30-28-26-24-22-20-18-16-14-12-10-8-6-4-2/h5,7,11,13,17,19,23,25,29,31,76-77,80-81H,3-4,6,8-10,12,14-16,18,20-22,24,26-28,30,32-75H2,1-2H3,(H,79,82)/b7-5-,13-11-,19-17-,25-23-,31-29-. The lowest BCUT2D eigenvalue weighted by molar-refractivity contribution is -0.123. The van der Waals surface area contributed by atoms with Crippen LogP contribution >= 0.6 is 0 Å². The Bertz CT molecular complexity index is 1350. The van der Waals surface area contributed by atoms with Gasteiger partial charge in [0.25, 0.3) is 0 Å². The number of amides is 1. The fourth-order valence-corrected chi connectivity index (χ4v) is 11.9. The van der Waals surface area contributed by atoms with E-state index in [-0.39, 0.29) is 12.5 Å². The molecule has 0 aliphatic heterocycles. The van der Waals surface area contributed by atoms with E-state index in [0.717, 1.165) is 57.8 Å². The van der Waals surface area contributed by atoms with Gasteiger partial charge in [0.1, 0.15) is 0 Å². The number of carbonyl (C=O) groups excluding carboxylic acids is 1. The second-order valence-corrected chi connectivity index (χ2v) is 25.7. The molecular formula is C78H147NO3. The van der Waals surface area contributed by atoms with Crippen LogP contribution in [-0.4, -0.2) is 34.9 Å². The Morgan fingerprint density at radius 1 is 0.305 bits per heavy atom. The number of hydrogen-bond donors (Lipinski definition) is 3. The second-order valence-electron chi connectivity index (χ2n) is 25.7. The van der Waals surface area contributed by atoms with Gasteiger partial charge in [0.2, 0.25) is 5.91 Å². The topological polar surface area (TPSA) is 69.6 Å². The first-order valence-electron chi connectivity index (χ1n) is 37.5. The molecule has 3 N–H and O–H groups in total. The SMILES string of the molecule is CC/C=C\C/C=C\C/C=C\C/C=C\C/C=C\CCCCCCCCCCCCCCCCCCCCCCCC(=O)NC(CO)C(O)CCCCCCCCCCCCCCCCCCCCCCCCCCCCCCCCCCC. The van der Waals surface area contributed by atoms with Crippen LogP contribution in [-0.2, 0) is 4.79 Å². The number of aliphatic hydroxyl groups excluding tert-OH is 2. The monoisotopic (exact) mass is 1150 g/mol. The molecule has 4 heteroatoms. The van der Waals surface area contributed by atoms with Crippen molar-refractivity contribution >= 4 is 5.91 Å². The van der Waals surface area contributed by atoms with Crippen molar-refractivity contribution in [3.63, 3.8) is 0 Å². The lowest BCUT2D eigenvalue weighted by Gasteiger charge is -2.22. The third-order valence-electron chi connectivity index (χ3n) is 17.5. The first kappa shape index (κ1) is 80.1. The molecule has 0 aromatic rings. The van der Waals surface area contributed by atoms with Crippen molar-refractivity contribution in [1.29, 1.82) is 0 Å². The van der Waals surface area contributed by atoms with Crippen LogP contribution in [0.3, 0.4) is 0 Å². The summed E-state index contributed by atoms with van der Waals surface area (Å²) in [4.78, 5) is 12.6. The molecule has 0 radical (unpaired) electrons. The molecular weight excluding hydrogens is 999 g/mol. The van der Waals surface area contributed by atoms with E-state index < -0.39 is 12.1 Å². The fourth-order valence-electron chi connectivity index (χ4n) is 11.9. The highest BCUT2D eigenvalue weighted by Gasteiger charge is 2.20. The molecule has 2 atom stereocenters. The first-order chi connectivity index (χ1) is 40.7. The van der Waals surface area contributed by atoms with Gasteiger partial charge in [-0.2, -0.15) is 0 Å². The Balaban J connectivity index is 3.38. The molecule has 2 unspecified atom stereocenters. The Morgan fingerprint density at radius 2 is 0.537 bits per heavy atom. The molecule has 482 valence electrons. The summed E-state index contributed by atoms with van der Waals surface area (Å²) in [5, 5.41) is 23.5. The van der Waals surface area contributed by atoms with E-state index in [9.17, 15) is 15.0 Å². The van der Waals surface area contributed by atoms with Gasteiger partial charge in [0.15, 0.2) is 0 Å². The number of carbonyl (C=O) groups is 1. The number of allylic oxidation sites excluding steroid dienone is 10. The molecule has 0 spiro atoms. The highest BCUT2D eigenvalue weighted by Crippen LogP contribution is 2.20. The maximum Gasteiger partial charge on any atom is 0.220 e. The van der Waals surface area contributed by atoms with Crippen LogP contribution in [0.25, 0.3) is 0 Å². The molecule has 1 amide bonds. The number of nitrogens with one attached hydrogen (secondary N) is 1. The molecule has 0 aliphatic carbocycles. The van der Waals surface area contributed by atoms with E-state index in [4.69, 9.17) is 0 Å². The minimum Gasteiger partial charge on any atom is -0.394 e. The molecule has 0 aromatic carbocycles. The molecule has 0 rings (SSSR count). The van der Waals surface area contributed by atoms with Crippen molar-refractivity contribution in [3.05, 3.63) is 60.8 Å². The Morgan fingerprint density at radius 3 is 0.805 bits per heavy atom. The van der Waals surface area contributed by atoms with Crippen LogP contribution < -0.4 is 5.32 Å². The van der Waals surface area contributed by atoms with Crippen LogP contribution in [0.4, 0.5) is 0 Å². The number of unbranched alkanes of at least 4 members (excludes halogenated alkanes) is 53. The van der Waals surface area contributed by atoms with Gasteiger partial charge in [-0.15, -0.1) is 0 Å². The zero-order valence-electron chi connectivity index (χ0n) is 55.8. The molecule has 0 fully saturated rings. The molecule has 0 saturated carbocycles. The summed E-state index contributed by atoms with van der Waals surface area (Å²) in [5.74, 6) is -0.0233. The van der Waals surface area contributed by atoms with Gasteiger partial charge in [0, 0.05) is 6.42 Å². The normalized spacial score (nSPS) is 13.0. The van der Waals surface area contributed by atoms with Crippen molar-refractivity contribution in [1.82, 2.24) is 5.32 Å². The quantitative estimate of drug-likeness (QED) is 0.0420. The van der Waals surface area contributed by atoms with E-state index in [0.29, 0.717) is 12.8 Å². The summed E-state index contributed by atoms with van der Waals surface area (Å²) in [6.07, 6.45) is 105. The summed E-state index contributed by atoms with van der Waals surface area (Å²) in [7, 11) is 0. The van der Waals surface area contributed by atoms with Crippen molar-refractivity contribution in [2.45, 2.75) is 424 Å². The number of aliphatic hydroxyl groups is 2. The smallest absolute Gasteiger partial charge is 0.220 e. The van der Waals surface area contributed by atoms with E-state index in [1.807, 2.05) is 0 Å². The van der Waals surface area contributed by atoms with Gasteiger partial charge in [-0.1, -0.05) is 408 Å². The predicted octanol–water partition coefficient (Wildman–Crippen LogP) is 25.8. The van der Waals surface area contributed by atoms with E-state index in [1.54, 1.807) is 0 Å².